The number of hydrogen-bond donors (Lipinski definition) is 1. The number of nitrogens with zero attached hydrogens (tertiary/aromatic N) is 1. The van der Waals surface area contributed by atoms with Gasteiger partial charge in [-0.2, -0.15) is 0 Å². The highest BCUT2D eigenvalue weighted by Gasteiger charge is 2.49. The molecular weight excluding hydrogens is 224 g/mol. The molecule has 0 radical (unpaired) electrons. The zero-order valence-electron chi connectivity index (χ0n) is 9.50. The Kier molecular flexibility index (Phi) is 2.45. The van der Waals surface area contributed by atoms with Gasteiger partial charge < -0.3 is 5.11 Å². The number of hydrogen-bond acceptors (Lipinski definition) is 2. The van der Waals surface area contributed by atoms with Gasteiger partial charge in [-0.15, -0.1) is 0 Å². The second kappa shape index (κ2) is 3.75. The van der Waals surface area contributed by atoms with Crippen LogP contribution in [0.5, 0.6) is 0 Å². The van der Waals surface area contributed by atoms with E-state index in [1.807, 2.05) is 0 Å². The fourth-order valence-electron chi connectivity index (χ4n) is 3.22. The molecule has 2 saturated heterocycles. The molecule has 0 aliphatic carbocycles. The first-order valence-electron chi connectivity index (χ1n) is 6.03. The number of benzene rings is 1. The van der Waals surface area contributed by atoms with E-state index < -0.39 is 17.2 Å². The van der Waals surface area contributed by atoms with E-state index in [0.29, 0.717) is 12.0 Å². The third-order valence-electron chi connectivity index (χ3n) is 4.11. The van der Waals surface area contributed by atoms with Crippen molar-refractivity contribution in [1.82, 2.24) is 4.90 Å². The average Bonchev–Trinajstić information content (AvgIpc) is 2.88. The molecule has 2 nitrogen and oxygen atoms in total. The van der Waals surface area contributed by atoms with Crippen LogP contribution in [0.4, 0.5) is 8.78 Å². The van der Waals surface area contributed by atoms with Gasteiger partial charge in [0.15, 0.2) is 11.6 Å². The van der Waals surface area contributed by atoms with Crippen LogP contribution in [0.2, 0.25) is 0 Å². The molecule has 1 aromatic rings. The molecule has 1 aromatic carbocycles. The minimum absolute atomic E-state index is 0.0624. The van der Waals surface area contributed by atoms with Crippen LogP contribution < -0.4 is 0 Å². The van der Waals surface area contributed by atoms with Crippen LogP contribution in [0.3, 0.4) is 0 Å². The molecule has 0 bridgehead atoms. The quantitative estimate of drug-likeness (QED) is 0.810. The minimum atomic E-state index is -1.01. The van der Waals surface area contributed by atoms with E-state index in [2.05, 4.69) is 4.90 Å². The first-order chi connectivity index (χ1) is 8.11. The Morgan fingerprint density at radius 2 is 2.06 bits per heavy atom. The standard InChI is InChI=1S/C13H15F2NO/c14-10-4-3-9(8-11(10)15)13(17)5-7-16-6-1-2-12(13)16/h3-4,8,12,17H,1-2,5-7H2. The van der Waals surface area contributed by atoms with Crippen LogP contribution >= 0.6 is 0 Å². The molecule has 2 atom stereocenters. The van der Waals surface area contributed by atoms with Crippen molar-refractivity contribution in [1.29, 1.82) is 0 Å². The highest BCUT2D eigenvalue weighted by Crippen LogP contribution is 2.43. The molecule has 92 valence electrons. The van der Waals surface area contributed by atoms with E-state index in [-0.39, 0.29) is 6.04 Å². The molecule has 2 unspecified atom stereocenters. The zero-order valence-corrected chi connectivity index (χ0v) is 9.50. The lowest BCUT2D eigenvalue weighted by atomic mass is 9.85. The normalized spacial score (nSPS) is 33.0. The van der Waals surface area contributed by atoms with Crippen LogP contribution in [0.15, 0.2) is 18.2 Å². The molecule has 0 amide bonds. The number of rotatable bonds is 1. The molecule has 0 aromatic heterocycles. The van der Waals surface area contributed by atoms with Crippen molar-refractivity contribution in [3.63, 3.8) is 0 Å². The Morgan fingerprint density at radius 1 is 1.24 bits per heavy atom. The molecule has 2 fully saturated rings. The maximum atomic E-state index is 13.2. The topological polar surface area (TPSA) is 23.5 Å². The summed E-state index contributed by atoms with van der Waals surface area (Å²) in [5, 5.41) is 10.7. The first-order valence-corrected chi connectivity index (χ1v) is 6.03. The van der Waals surface area contributed by atoms with Gasteiger partial charge in [0, 0.05) is 12.6 Å². The van der Waals surface area contributed by atoms with Crippen molar-refractivity contribution in [2.75, 3.05) is 13.1 Å². The van der Waals surface area contributed by atoms with Crippen LogP contribution in [0.25, 0.3) is 0 Å². The Balaban J connectivity index is 1.99. The molecule has 17 heavy (non-hydrogen) atoms. The SMILES string of the molecule is OC1(c2ccc(F)c(F)c2)CCN2CCCC21. The van der Waals surface area contributed by atoms with Gasteiger partial charge in [-0.1, -0.05) is 6.07 Å². The summed E-state index contributed by atoms with van der Waals surface area (Å²) in [5.41, 5.74) is -0.504. The van der Waals surface area contributed by atoms with Crippen LogP contribution in [-0.4, -0.2) is 29.1 Å². The van der Waals surface area contributed by atoms with Crippen molar-refractivity contribution in [2.45, 2.75) is 30.9 Å². The van der Waals surface area contributed by atoms with E-state index in [1.165, 1.54) is 6.07 Å². The summed E-state index contributed by atoms with van der Waals surface area (Å²) in [4.78, 5) is 2.24. The summed E-state index contributed by atoms with van der Waals surface area (Å²) in [6.07, 6.45) is 2.59. The first kappa shape index (κ1) is 11.1. The van der Waals surface area contributed by atoms with Crippen LogP contribution in [-0.2, 0) is 5.60 Å². The van der Waals surface area contributed by atoms with Crippen molar-refractivity contribution in [3.8, 4) is 0 Å². The number of halogens is 2. The summed E-state index contributed by atoms with van der Waals surface area (Å²) < 4.78 is 26.2. The Labute approximate surface area is 98.9 Å². The second-order valence-electron chi connectivity index (χ2n) is 5.00. The molecule has 1 N–H and O–H groups in total. The predicted molar refractivity (Wildman–Crippen MR) is 59.5 cm³/mol. The highest BCUT2D eigenvalue weighted by molar-refractivity contribution is 5.28. The molecule has 2 aliphatic rings. The van der Waals surface area contributed by atoms with Crippen LogP contribution in [0.1, 0.15) is 24.8 Å². The molecular formula is C13H15F2NO. The summed E-state index contributed by atoms with van der Waals surface area (Å²) in [6, 6.07) is 3.80. The highest BCUT2D eigenvalue weighted by atomic mass is 19.2. The smallest absolute Gasteiger partial charge is 0.159 e. The Hall–Kier alpha value is -1.00. The minimum Gasteiger partial charge on any atom is -0.383 e. The molecule has 4 heteroatoms. The molecule has 0 spiro atoms. The average molecular weight is 239 g/mol. The maximum Gasteiger partial charge on any atom is 0.159 e. The van der Waals surface area contributed by atoms with E-state index in [1.54, 1.807) is 0 Å². The summed E-state index contributed by atoms with van der Waals surface area (Å²) in [6.45, 7) is 1.83. The Bertz CT molecular complexity index is 451. The van der Waals surface area contributed by atoms with Gasteiger partial charge in [0.2, 0.25) is 0 Å². The molecule has 2 heterocycles. The van der Waals surface area contributed by atoms with Gasteiger partial charge in [0.05, 0.1) is 0 Å². The lowest BCUT2D eigenvalue weighted by Crippen LogP contribution is -2.38. The van der Waals surface area contributed by atoms with Gasteiger partial charge in [-0.25, -0.2) is 8.78 Å². The van der Waals surface area contributed by atoms with Crippen molar-refractivity contribution < 1.29 is 13.9 Å². The molecule has 0 saturated carbocycles. The van der Waals surface area contributed by atoms with Gasteiger partial charge in [-0.3, -0.25) is 4.90 Å². The fraction of sp³-hybridized carbons (Fsp3) is 0.538. The lowest BCUT2D eigenvalue weighted by Gasteiger charge is -2.30. The molecule has 3 rings (SSSR count). The van der Waals surface area contributed by atoms with Crippen molar-refractivity contribution in [2.24, 2.45) is 0 Å². The third kappa shape index (κ3) is 1.58. The lowest BCUT2D eigenvalue weighted by molar-refractivity contribution is 0.00903. The van der Waals surface area contributed by atoms with Crippen LogP contribution in [0, 0.1) is 11.6 Å². The van der Waals surface area contributed by atoms with Gasteiger partial charge in [0.25, 0.3) is 0 Å². The van der Waals surface area contributed by atoms with E-state index in [9.17, 15) is 13.9 Å². The van der Waals surface area contributed by atoms with Crippen molar-refractivity contribution in [3.05, 3.63) is 35.4 Å². The third-order valence-corrected chi connectivity index (χ3v) is 4.11. The van der Waals surface area contributed by atoms with Gasteiger partial charge in [0.1, 0.15) is 5.60 Å². The monoisotopic (exact) mass is 239 g/mol. The second-order valence-corrected chi connectivity index (χ2v) is 5.00. The van der Waals surface area contributed by atoms with Crippen molar-refractivity contribution >= 4 is 0 Å². The number of fused-ring (bicyclic) bond motifs is 1. The fourth-order valence-corrected chi connectivity index (χ4v) is 3.22. The predicted octanol–water partition coefficient (Wildman–Crippen LogP) is 2.02. The largest absolute Gasteiger partial charge is 0.383 e. The summed E-state index contributed by atoms with van der Waals surface area (Å²) in [7, 11) is 0. The summed E-state index contributed by atoms with van der Waals surface area (Å²) in [5.74, 6) is -1.74. The maximum absolute atomic E-state index is 13.2. The number of aliphatic hydroxyl groups is 1. The van der Waals surface area contributed by atoms with E-state index in [4.69, 9.17) is 0 Å². The van der Waals surface area contributed by atoms with E-state index in [0.717, 1.165) is 38.1 Å². The van der Waals surface area contributed by atoms with Gasteiger partial charge >= 0.3 is 0 Å². The summed E-state index contributed by atoms with van der Waals surface area (Å²) >= 11 is 0. The van der Waals surface area contributed by atoms with E-state index >= 15 is 0 Å². The Morgan fingerprint density at radius 3 is 2.82 bits per heavy atom. The molecule has 2 aliphatic heterocycles. The van der Waals surface area contributed by atoms with Gasteiger partial charge in [-0.05, 0) is 43.5 Å². The zero-order chi connectivity index (χ0) is 12.0.